The Morgan fingerprint density at radius 2 is 1.52 bits per heavy atom. The van der Waals surface area contributed by atoms with Crippen LogP contribution in [-0.4, -0.2) is 24.5 Å². The third kappa shape index (κ3) is 7.34. The number of esters is 1. The summed E-state index contributed by atoms with van der Waals surface area (Å²) in [5, 5.41) is 0. The van der Waals surface area contributed by atoms with Gasteiger partial charge in [-0.3, -0.25) is 0 Å². The average Bonchev–Trinajstić information content (AvgIpc) is 2.69. The van der Waals surface area contributed by atoms with Gasteiger partial charge in [0.05, 0.1) is 11.7 Å². The van der Waals surface area contributed by atoms with Crippen molar-refractivity contribution in [1.29, 1.82) is 0 Å². The van der Waals surface area contributed by atoms with Crippen LogP contribution in [0.3, 0.4) is 0 Å². The summed E-state index contributed by atoms with van der Waals surface area (Å²) in [5.41, 5.74) is 13.1. The van der Waals surface area contributed by atoms with E-state index in [4.69, 9.17) is 26.0 Å². The molecule has 1 aliphatic carbocycles. The van der Waals surface area contributed by atoms with Gasteiger partial charge in [0.15, 0.2) is 0 Å². The van der Waals surface area contributed by atoms with E-state index in [1.165, 1.54) is 36.4 Å². The number of anilines is 2. The first kappa shape index (κ1) is 22.7. The van der Waals surface area contributed by atoms with Gasteiger partial charge in [0.25, 0.3) is 0 Å². The fourth-order valence-corrected chi connectivity index (χ4v) is 3.25. The number of carbonyl (C=O) groups excluding carboxylic acids is 1. The minimum atomic E-state index is -4.73. The zero-order chi connectivity index (χ0) is 22.4. The van der Waals surface area contributed by atoms with Crippen LogP contribution in [0.1, 0.15) is 41.6 Å². The van der Waals surface area contributed by atoms with E-state index in [0.717, 1.165) is 0 Å². The Hall–Kier alpha value is -2.98. The van der Waals surface area contributed by atoms with Crippen LogP contribution >= 0.6 is 0 Å². The number of rotatable bonds is 7. The molecular weight excluding hydrogens is 417 g/mol. The van der Waals surface area contributed by atoms with Gasteiger partial charge in [0.1, 0.15) is 18.5 Å². The van der Waals surface area contributed by atoms with Crippen LogP contribution in [0.5, 0.6) is 5.75 Å². The molecule has 0 heterocycles. The normalized spacial score (nSPS) is 19.1. The van der Waals surface area contributed by atoms with E-state index in [2.05, 4.69) is 4.74 Å². The highest BCUT2D eigenvalue weighted by Crippen LogP contribution is 2.26. The SMILES string of the molecule is Nc1cc(N)cc(C(=O)OC2CCC(OOCc3ccc(OC(F)(F)F)cc3)CC2)c1. The van der Waals surface area contributed by atoms with Crippen LogP contribution in [0.2, 0.25) is 0 Å². The monoisotopic (exact) mass is 440 g/mol. The molecule has 0 atom stereocenters. The maximum Gasteiger partial charge on any atom is 0.573 e. The van der Waals surface area contributed by atoms with Gasteiger partial charge in [0.2, 0.25) is 0 Å². The minimum absolute atomic E-state index is 0.0814. The molecule has 7 nitrogen and oxygen atoms in total. The molecule has 3 rings (SSSR count). The van der Waals surface area contributed by atoms with E-state index in [0.29, 0.717) is 48.2 Å². The Kier molecular flexibility index (Phi) is 7.24. The average molecular weight is 440 g/mol. The van der Waals surface area contributed by atoms with Crippen LogP contribution in [-0.2, 0) is 21.1 Å². The summed E-state index contributed by atoms with van der Waals surface area (Å²) in [4.78, 5) is 22.9. The second kappa shape index (κ2) is 9.88. The Morgan fingerprint density at radius 1 is 0.935 bits per heavy atom. The smallest absolute Gasteiger partial charge is 0.459 e. The Morgan fingerprint density at radius 3 is 2.10 bits per heavy atom. The first-order valence-electron chi connectivity index (χ1n) is 9.68. The van der Waals surface area contributed by atoms with Crippen molar-refractivity contribution in [2.24, 2.45) is 0 Å². The van der Waals surface area contributed by atoms with Gasteiger partial charge in [-0.15, -0.1) is 13.2 Å². The zero-order valence-corrected chi connectivity index (χ0v) is 16.6. The summed E-state index contributed by atoms with van der Waals surface area (Å²) in [7, 11) is 0. The predicted octanol–water partition coefficient (Wildman–Crippen LogP) is 4.37. The first-order valence-corrected chi connectivity index (χ1v) is 9.68. The van der Waals surface area contributed by atoms with Crippen molar-refractivity contribution in [3.63, 3.8) is 0 Å². The van der Waals surface area contributed by atoms with Crippen LogP contribution in [0.4, 0.5) is 24.5 Å². The van der Waals surface area contributed by atoms with Crippen LogP contribution in [0.15, 0.2) is 42.5 Å². The van der Waals surface area contributed by atoms with E-state index in [1.54, 1.807) is 6.07 Å². The highest BCUT2D eigenvalue weighted by atomic mass is 19.4. The number of alkyl halides is 3. The molecule has 2 aromatic carbocycles. The van der Waals surface area contributed by atoms with Crippen LogP contribution < -0.4 is 16.2 Å². The largest absolute Gasteiger partial charge is 0.573 e. The van der Waals surface area contributed by atoms with Gasteiger partial charge in [-0.05, 0) is 61.6 Å². The summed E-state index contributed by atoms with van der Waals surface area (Å²) in [6, 6.07) is 9.93. The third-order valence-corrected chi connectivity index (χ3v) is 4.69. The van der Waals surface area contributed by atoms with Crippen molar-refractivity contribution < 1.29 is 37.2 Å². The molecule has 1 saturated carbocycles. The van der Waals surface area contributed by atoms with Crippen molar-refractivity contribution in [3.8, 4) is 5.75 Å². The first-order chi connectivity index (χ1) is 14.7. The summed E-state index contributed by atoms with van der Waals surface area (Å²) < 4.78 is 45.8. The van der Waals surface area contributed by atoms with Crippen molar-refractivity contribution in [2.75, 3.05) is 11.5 Å². The lowest BCUT2D eigenvalue weighted by Crippen LogP contribution is -2.28. The van der Waals surface area contributed by atoms with E-state index >= 15 is 0 Å². The fraction of sp³-hybridized carbons (Fsp3) is 0.381. The lowest BCUT2D eigenvalue weighted by Gasteiger charge is -2.27. The third-order valence-electron chi connectivity index (χ3n) is 4.69. The minimum Gasteiger partial charge on any atom is -0.459 e. The maximum absolute atomic E-state index is 12.3. The molecule has 2 aromatic rings. The molecule has 1 aliphatic rings. The summed E-state index contributed by atoms with van der Waals surface area (Å²) in [6.07, 6.45) is -2.63. The molecule has 168 valence electrons. The predicted molar refractivity (Wildman–Crippen MR) is 106 cm³/mol. The molecule has 10 heteroatoms. The summed E-state index contributed by atoms with van der Waals surface area (Å²) in [6.45, 7) is 0.0814. The number of carbonyl (C=O) groups is 1. The number of halogens is 3. The molecule has 0 saturated heterocycles. The number of hydrogen-bond donors (Lipinski definition) is 2. The van der Waals surface area contributed by atoms with E-state index in [9.17, 15) is 18.0 Å². The Balaban J connectivity index is 1.37. The molecule has 0 amide bonds. The molecule has 0 radical (unpaired) electrons. The molecule has 0 spiro atoms. The van der Waals surface area contributed by atoms with Gasteiger partial charge in [0, 0.05) is 11.4 Å². The number of nitrogen functional groups attached to an aromatic ring is 2. The van der Waals surface area contributed by atoms with E-state index in [1.807, 2.05) is 0 Å². The number of hydrogen-bond acceptors (Lipinski definition) is 7. The Bertz CT molecular complexity index is 861. The zero-order valence-electron chi connectivity index (χ0n) is 16.6. The van der Waals surface area contributed by atoms with E-state index < -0.39 is 12.3 Å². The quantitative estimate of drug-likeness (QED) is 0.285. The molecule has 0 unspecified atom stereocenters. The van der Waals surface area contributed by atoms with Crippen molar-refractivity contribution >= 4 is 17.3 Å². The molecule has 0 aromatic heterocycles. The van der Waals surface area contributed by atoms with Crippen molar-refractivity contribution in [3.05, 3.63) is 53.6 Å². The van der Waals surface area contributed by atoms with Crippen molar-refractivity contribution in [1.82, 2.24) is 0 Å². The summed E-state index contributed by atoms with van der Waals surface area (Å²) >= 11 is 0. The molecule has 0 bridgehead atoms. The second-order valence-corrected chi connectivity index (χ2v) is 7.24. The number of ether oxygens (including phenoxy) is 2. The van der Waals surface area contributed by atoms with Gasteiger partial charge < -0.3 is 20.9 Å². The van der Waals surface area contributed by atoms with Gasteiger partial charge >= 0.3 is 12.3 Å². The van der Waals surface area contributed by atoms with Gasteiger partial charge in [-0.25, -0.2) is 14.6 Å². The van der Waals surface area contributed by atoms with Crippen molar-refractivity contribution in [2.45, 2.75) is 50.9 Å². The van der Waals surface area contributed by atoms with Crippen LogP contribution in [0.25, 0.3) is 0 Å². The van der Waals surface area contributed by atoms with Crippen LogP contribution in [0, 0.1) is 0 Å². The fourth-order valence-electron chi connectivity index (χ4n) is 3.25. The highest BCUT2D eigenvalue weighted by molar-refractivity contribution is 5.91. The molecule has 1 fully saturated rings. The highest BCUT2D eigenvalue weighted by Gasteiger charge is 2.31. The molecule has 0 aliphatic heterocycles. The van der Waals surface area contributed by atoms with Gasteiger partial charge in [-0.2, -0.15) is 0 Å². The molecular formula is C21H23F3N2O5. The van der Waals surface area contributed by atoms with Gasteiger partial charge in [-0.1, -0.05) is 12.1 Å². The lowest BCUT2D eigenvalue weighted by atomic mass is 9.95. The maximum atomic E-state index is 12.3. The Labute approximate surface area is 176 Å². The summed E-state index contributed by atoms with van der Waals surface area (Å²) in [5.74, 6) is -0.775. The standard InChI is InChI=1S/C21H23F3N2O5/c22-21(23,24)30-18-3-1-13(2-4-18)12-28-31-19-7-5-17(6-8-19)29-20(27)14-9-15(25)11-16(26)10-14/h1-4,9-11,17,19H,5-8,12,25-26H2. The molecule has 4 N–H and O–H groups in total. The lowest BCUT2D eigenvalue weighted by molar-refractivity contribution is -0.338. The molecule has 31 heavy (non-hydrogen) atoms. The number of nitrogens with two attached hydrogens (primary N) is 2. The topological polar surface area (TPSA) is 106 Å². The number of benzene rings is 2. The second-order valence-electron chi connectivity index (χ2n) is 7.24. The van der Waals surface area contributed by atoms with E-state index in [-0.39, 0.29) is 24.6 Å².